The van der Waals surface area contributed by atoms with Crippen molar-refractivity contribution in [2.24, 2.45) is 0 Å². The highest BCUT2D eigenvalue weighted by Crippen LogP contribution is 2.28. The minimum Gasteiger partial charge on any atom is -0.341 e. The first kappa shape index (κ1) is 21.9. The molecule has 0 saturated carbocycles. The van der Waals surface area contributed by atoms with Crippen molar-refractivity contribution in [1.29, 1.82) is 0 Å². The molecule has 160 valence electrons. The van der Waals surface area contributed by atoms with E-state index < -0.39 is 10.0 Å². The Morgan fingerprint density at radius 1 is 1.28 bits per heavy atom. The fourth-order valence-electron chi connectivity index (χ4n) is 3.29. The summed E-state index contributed by atoms with van der Waals surface area (Å²) in [5.41, 5.74) is 1.52. The molecule has 1 N–H and O–H groups in total. The van der Waals surface area contributed by atoms with Crippen LogP contribution in [0.25, 0.3) is 10.7 Å². The summed E-state index contributed by atoms with van der Waals surface area (Å²) < 4.78 is 29.8. The highest BCUT2D eigenvalue weighted by Gasteiger charge is 2.23. The van der Waals surface area contributed by atoms with E-state index in [1.165, 1.54) is 11.3 Å². The van der Waals surface area contributed by atoms with Gasteiger partial charge in [0.1, 0.15) is 16.4 Å². The molecule has 1 amide bonds. The Hall–Kier alpha value is -1.75. The molecule has 0 radical (unpaired) electrons. The fourth-order valence-corrected chi connectivity index (χ4v) is 5.18. The van der Waals surface area contributed by atoms with Crippen molar-refractivity contribution in [2.75, 3.05) is 40.3 Å². The summed E-state index contributed by atoms with van der Waals surface area (Å²) in [6.07, 6.45) is 4.74. The lowest BCUT2D eigenvalue weighted by Gasteiger charge is -2.27. The van der Waals surface area contributed by atoms with Crippen molar-refractivity contribution in [2.45, 2.75) is 37.6 Å². The maximum atomic E-state index is 12.8. The summed E-state index contributed by atoms with van der Waals surface area (Å²) in [4.78, 5) is 21.2. The number of likely N-dealkylation sites (N-methyl/N-ethyl adjacent to an activating group) is 1. The number of aromatic nitrogens is 2. The van der Waals surface area contributed by atoms with Gasteiger partial charge in [0.25, 0.3) is 0 Å². The van der Waals surface area contributed by atoms with Crippen LogP contribution in [0.5, 0.6) is 0 Å². The third kappa shape index (κ3) is 5.65. The Balaban J connectivity index is 1.86. The number of aryl methyl sites for hydroxylation is 1. The Labute approximate surface area is 176 Å². The molecular weight excluding hydrogens is 410 g/mol. The summed E-state index contributed by atoms with van der Waals surface area (Å²) in [5, 5.41) is 2.63. The van der Waals surface area contributed by atoms with Crippen LogP contribution >= 0.6 is 11.3 Å². The van der Waals surface area contributed by atoms with E-state index in [2.05, 4.69) is 9.71 Å². The van der Waals surface area contributed by atoms with Crippen molar-refractivity contribution < 1.29 is 13.2 Å². The molecule has 0 atom stereocenters. The number of thiazole rings is 1. The minimum absolute atomic E-state index is 0.0133. The van der Waals surface area contributed by atoms with Crippen molar-refractivity contribution in [1.82, 2.24) is 24.1 Å². The molecule has 10 heteroatoms. The van der Waals surface area contributed by atoms with Gasteiger partial charge in [-0.15, -0.1) is 11.3 Å². The number of nitrogens with zero attached hydrogens (tertiary/aromatic N) is 4. The molecule has 0 unspecified atom stereocenters. The molecular formula is C19H29N5O3S2. The Kier molecular flexibility index (Phi) is 7.10. The first-order chi connectivity index (χ1) is 13.8. The molecule has 0 aliphatic carbocycles. The van der Waals surface area contributed by atoms with Gasteiger partial charge in [-0.1, -0.05) is 0 Å². The molecule has 1 saturated heterocycles. The predicted octanol–water partition coefficient (Wildman–Crippen LogP) is 1.77. The van der Waals surface area contributed by atoms with E-state index >= 15 is 0 Å². The standard InChI is InChI=1S/C19H29N5O3S2/c1-15-14-28-19(21-15)17-11-16(29(26,27)20-7-10-22(2)3)12-24(17)13-18(25)23-8-5-4-6-9-23/h11-12,14,20H,4-10,13H2,1-3H3. The maximum absolute atomic E-state index is 12.8. The summed E-state index contributed by atoms with van der Waals surface area (Å²) >= 11 is 1.45. The Morgan fingerprint density at radius 3 is 2.62 bits per heavy atom. The Morgan fingerprint density at radius 2 is 2.00 bits per heavy atom. The summed E-state index contributed by atoms with van der Waals surface area (Å²) in [5.74, 6) is 0.0133. The normalized spacial score (nSPS) is 15.2. The smallest absolute Gasteiger partial charge is 0.242 e. The topological polar surface area (TPSA) is 87.5 Å². The monoisotopic (exact) mass is 439 g/mol. The average molecular weight is 440 g/mol. The molecule has 0 bridgehead atoms. The molecule has 1 fully saturated rings. The number of carbonyl (C=O) groups excluding carboxylic acids is 1. The van der Waals surface area contributed by atoms with Gasteiger partial charge in [-0.25, -0.2) is 18.1 Å². The molecule has 3 heterocycles. The minimum atomic E-state index is -3.67. The lowest BCUT2D eigenvalue weighted by molar-refractivity contribution is -0.132. The third-order valence-electron chi connectivity index (χ3n) is 4.89. The molecule has 8 nitrogen and oxygen atoms in total. The number of hydrogen-bond acceptors (Lipinski definition) is 6. The molecule has 1 aliphatic heterocycles. The van der Waals surface area contributed by atoms with Crippen LogP contribution in [0.15, 0.2) is 22.5 Å². The van der Waals surface area contributed by atoms with Crippen LogP contribution in [-0.4, -0.2) is 74.0 Å². The SMILES string of the molecule is Cc1csc(-c2cc(S(=O)(=O)NCCN(C)C)cn2CC(=O)N2CCCCC2)n1. The van der Waals surface area contributed by atoms with Crippen LogP contribution in [0.2, 0.25) is 0 Å². The first-order valence-electron chi connectivity index (χ1n) is 9.81. The van der Waals surface area contributed by atoms with Gasteiger partial charge in [-0.05, 0) is 46.3 Å². The first-order valence-corrected chi connectivity index (χ1v) is 12.2. The number of nitrogens with one attached hydrogen (secondary N) is 1. The second kappa shape index (κ2) is 9.38. The van der Waals surface area contributed by atoms with E-state index in [0.29, 0.717) is 23.8 Å². The molecule has 2 aromatic rings. The van der Waals surface area contributed by atoms with Crippen molar-refractivity contribution in [3.8, 4) is 10.7 Å². The van der Waals surface area contributed by atoms with Gasteiger partial charge in [0.15, 0.2) is 0 Å². The van der Waals surface area contributed by atoms with Crippen molar-refractivity contribution >= 4 is 27.3 Å². The van der Waals surface area contributed by atoms with Gasteiger partial charge >= 0.3 is 0 Å². The second-order valence-corrected chi connectivity index (χ2v) is 10.3. The summed E-state index contributed by atoms with van der Waals surface area (Å²) in [7, 11) is 0.113. The van der Waals surface area contributed by atoms with E-state index in [1.54, 1.807) is 16.8 Å². The molecule has 1 aliphatic rings. The van der Waals surface area contributed by atoms with Crippen LogP contribution in [0, 0.1) is 6.92 Å². The molecule has 0 spiro atoms. The Bertz CT molecular complexity index is 943. The lowest BCUT2D eigenvalue weighted by Crippen LogP contribution is -2.37. The summed E-state index contributed by atoms with van der Waals surface area (Å²) in [6, 6.07) is 1.61. The number of carbonyl (C=O) groups is 1. The van der Waals surface area contributed by atoms with E-state index in [4.69, 9.17) is 0 Å². The fraction of sp³-hybridized carbons (Fsp3) is 0.579. The largest absolute Gasteiger partial charge is 0.341 e. The molecule has 3 rings (SSSR count). The number of likely N-dealkylation sites (tertiary alicyclic amines) is 1. The van der Waals surface area contributed by atoms with E-state index in [-0.39, 0.29) is 17.3 Å². The number of amides is 1. The van der Waals surface area contributed by atoms with Gasteiger partial charge in [-0.2, -0.15) is 0 Å². The lowest BCUT2D eigenvalue weighted by atomic mass is 10.1. The highest BCUT2D eigenvalue weighted by atomic mass is 32.2. The maximum Gasteiger partial charge on any atom is 0.242 e. The van der Waals surface area contributed by atoms with Crippen LogP contribution in [0.1, 0.15) is 25.0 Å². The van der Waals surface area contributed by atoms with E-state index in [9.17, 15) is 13.2 Å². The second-order valence-electron chi connectivity index (χ2n) is 7.63. The van der Waals surface area contributed by atoms with Gasteiger partial charge in [0.2, 0.25) is 15.9 Å². The van der Waals surface area contributed by atoms with Crippen LogP contribution in [0.4, 0.5) is 0 Å². The third-order valence-corrected chi connectivity index (χ3v) is 7.30. The van der Waals surface area contributed by atoms with Gasteiger partial charge in [0, 0.05) is 43.4 Å². The molecule has 2 aromatic heterocycles. The highest BCUT2D eigenvalue weighted by molar-refractivity contribution is 7.89. The van der Waals surface area contributed by atoms with Crippen molar-refractivity contribution in [3.05, 3.63) is 23.3 Å². The van der Waals surface area contributed by atoms with Crippen LogP contribution in [-0.2, 0) is 21.4 Å². The number of rotatable bonds is 8. The molecule has 29 heavy (non-hydrogen) atoms. The summed E-state index contributed by atoms with van der Waals surface area (Å²) in [6.45, 7) is 4.46. The zero-order valence-corrected chi connectivity index (χ0v) is 18.9. The average Bonchev–Trinajstić information content (AvgIpc) is 3.28. The van der Waals surface area contributed by atoms with Gasteiger partial charge in [-0.3, -0.25) is 4.79 Å². The quantitative estimate of drug-likeness (QED) is 0.677. The predicted molar refractivity (Wildman–Crippen MR) is 114 cm³/mol. The van der Waals surface area contributed by atoms with E-state index in [1.807, 2.05) is 36.2 Å². The number of piperidine rings is 1. The zero-order chi connectivity index (χ0) is 21.0. The zero-order valence-electron chi connectivity index (χ0n) is 17.2. The van der Waals surface area contributed by atoms with Crippen LogP contribution < -0.4 is 4.72 Å². The van der Waals surface area contributed by atoms with E-state index in [0.717, 1.165) is 38.0 Å². The molecule has 0 aromatic carbocycles. The van der Waals surface area contributed by atoms with Crippen LogP contribution in [0.3, 0.4) is 0 Å². The number of hydrogen-bond donors (Lipinski definition) is 1. The van der Waals surface area contributed by atoms with Gasteiger partial charge in [0.05, 0.1) is 5.69 Å². The number of sulfonamides is 1. The van der Waals surface area contributed by atoms with Gasteiger partial charge < -0.3 is 14.4 Å². The van der Waals surface area contributed by atoms with Crippen molar-refractivity contribution in [3.63, 3.8) is 0 Å².